The standard InChI is InChI=1S/C13H21NO3S/c1-11-4-6-12(7-5-11)18(16,17)14-10-13(2,3)8-9-15/h4-7,14-15H,8-10H2,1-3H3. The van der Waals surface area contributed by atoms with E-state index >= 15 is 0 Å². The van der Waals surface area contributed by atoms with Gasteiger partial charge in [0.25, 0.3) is 0 Å². The number of hydrogen-bond acceptors (Lipinski definition) is 3. The second-order valence-corrected chi connectivity index (χ2v) is 7.04. The molecule has 2 N–H and O–H groups in total. The predicted octanol–water partition coefficient (Wildman–Crippen LogP) is 1.68. The van der Waals surface area contributed by atoms with Gasteiger partial charge in [0.2, 0.25) is 10.0 Å². The molecule has 102 valence electrons. The van der Waals surface area contributed by atoms with E-state index in [4.69, 9.17) is 5.11 Å². The minimum Gasteiger partial charge on any atom is -0.396 e. The van der Waals surface area contributed by atoms with Gasteiger partial charge in [-0.2, -0.15) is 0 Å². The highest BCUT2D eigenvalue weighted by Crippen LogP contribution is 2.19. The molecule has 0 atom stereocenters. The lowest BCUT2D eigenvalue weighted by Gasteiger charge is -2.23. The molecule has 0 aliphatic heterocycles. The maximum Gasteiger partial charge on any atom is 0.240 e. The van der Waals surface area contributed by atoms with Crippen LogP contribution in [0.3, 0.4) is 0 Å². The van der Waals surface area contributed by atoms with Crippen molar-refractivity contribution in [3.8, 4) is 0 Å². The Morgan fingerprint density at radius 2 is 1.78 bits per heavy atom. The lowest BCUT2D eigenvalue weighted by atomic mass is 9.90. The zero-order valence-corrected chi connectivity index (χ0v) is 11.9. The molecule has 0 unspecified atom stereocenters. The molecule has 0 radical (unpaired) electrons. The average molecular weight is 271 g/mol. The first kappa shape index (κ1) is 15.1. The van der Waals surface area contributed by atoms with E-state index in [-0.39, 0.29) is 16.9 Å². The van der Waals surface area contributed by atoms with E-state index in [0.717, 1.165) is 5.56 Å². The maximum atomic E-state index is 12.0. The molecule has 1 aromatic rings. The highest BCUT2D eigenvalue weighted by Gasteiger charge is 2.21. The smallest absolute Gasteiger partial charge is 0.240 e. The third kappa shape index (κ3) is 4.40. The van der Waals surface area contributed by atoms with E-state index in [1.54, 1.807) is 24.3 Å². The number of aliphatic hydroxyl groups is 1. The predicted molar refractivity (Wildman–Crippen MR) is 71.9 cm³/mol. The lowest BCUT2D eigenvalue weighted by molar-refractivity contribution is 0.213. The summed E-state index contributed by atoms with van der Waals surface area (Å²) in [5.41, 5.74) is 0.765. The molecular weight excluding hydrogens is 250 g/mol. The number of rotatable bonds is 6. The minimum atomic E-state index is -3.46. The van der Waals surface area contributed by atoms with Crippen LogP contribution in [0.1, 0.15) is 25.8 Å². The summed E-state index contributed by atoms with van der Waals surface area (Å²) >= 11 is 0. The Bertz CT molecular complexity index is 477. The van der Waals surface area contributed by atoms with Gasteiger partial charge in [-0.05, 0) is 30.9 Å². The summed E-state index contributed by atoms with van der Waals surface area (Å²) in [6.45, 7) is 6.11. The molecule has 0 aliphatic rings. The van der Waals surface area contributed by atoms with Gasteiger partial charge in [0.15, 0.2) is 0 Å². The normalized spacial score (nSPS) is 12.7. The first-order chi connectivity index (χ1) is 8.27. The number of aliphatic hydroxyl groups excluding tert-OH is 1. The Kier molecular flexibility index (Phi) is 4.90. The van der Waals surface area contributed by atoms with Crippen molar-refractivity contribution in [3.63, 3.8) is 0 Å². The molecule has 0 saturated heterocycles. The number of nitrogens with one attached hydrogen (secondary N) is 1. The van der Waals surface area contributed by atoms with Crippen molar-refractivity contribution >= 4 is 10.0 Å². The van der Waals surface area contributed by atoms with Crippen LogP contribution in [0.25, 0.3) is 0 Å². The van der Waals surface area contributed by atoms with Crippen LogP contribution in [0, 0.1) is 12.3 Å². The summed E-state index contributed by atoms with van der Waals surface area (Å²) in [7, 11) is -3.46. The van der Waals surface area contributed by atoms with E-state index in [9.17, 15) is 8.42 Å². The Morgan fingerprint density at radius 1 is 1.22 bits per heavy atom. The topological polar surface area (TPSA) is 66.4 Å². The molecule has 5 heteroatoms. The number of aryl methyl sites for hydroxylation is 1. The van der Waals surface area contributed by atoms with Gasteiger partial charge in [0.05, 0.1) is 4.90 Å². The van der Waals surface area contributed by atoms with Gasteiger partial charge in [-0.1, -0.05) is 31.5 Å². The molecule has 0 saturated carbocycles. The second kappa shape index (κ2) is 5.82. The van der Waals surface area contributed by atoms with Gasteiger partial charge < -0.3 is 5.11 Å². The van der Waals surface area contributed by atoms with Crippen molar-refractivity contribution < 1.29 is 13.5 Å². The van der Waals surface area contributed by atoms with Crippen LogP contribution < -0.4 is 4.72 Å². The molecule has 1 rings (SSSR count). The van der Waals surface area contributed by atoms with E-state index in [2.05, 4.69) is 4.72 Å². The summed E-state index contributed by atoms with van der Waals surface area (Å²) in [4.78, 5) is 0.271. The zero-order valence-electron chi connectivity index (χ0n) is 11.1. The summed E-state index contributed by atoms with van der Waals surface area (Å²) in [6.07, 6.45) is 0.559. The highest BCUT2D eigenvalue weighted by molar-refractivity contribution is 7.89. The first-order valence-corrected chi connectivity index (χ1v) is 7.42. The van der Waals surface area contributed by atoms with Crippen LogP contribution in [0.2, 0.25) is 0 Å². The van der Waals surface area contributed by atoms with Crippen LogP contribution in [0.4, 0.5) is 0 Å². The molecule has 4 nitrogen and oxygen atoms in total. The van der Waals surface area contributed by atoms with Gasteiger partial charge in [0, 0.05) is 13.2 Å². The van der Waals surface area contributed by atoms with E-state index < -0.39 is 10.0 Å². The molecule has 0 heterocycles. The van der Waals surface area contributed by atoms with Crippen molar-refractivity contribution in [1.29, 1.82) is 0 Å². The maximum absolute atomic E-state index is 12.0. The van der Waals surface area contributed by atoms with Gasteiger partial charge in [-0.3, -0.25) is 0 Å². The second-order valence-electron chi connectivity index (χ2n) is 5.28. The average Bonchev–Trinajstić information content (AvgIpc) is 2.27. The summed E-state index contributed by atoms with van der Waals surface area (Å²) in [5.74, 6) is 0. The zero-order chi connectivity index (χ0) is 13.8. The fourth-order valence-corrected chi connectivity index (χ4v) is 2.72. The van der Waals surface area contributed by atoms with Gasteiger partial charge in [0.1, 0.15) is 0 Å². The van der Waals surface area contributed by atoms with Crippen LogP contribution >= 0.6 is 0 Å². The molecule has 0 fully saturated rings. The van der Waals surface area contributed by atoms with Gasteiger partial charge >= 0.3 is 0 Å². The Hall–Kier alpha value is -0.910. The van der Waals surface area contributed by atoms with Crippen LogP contribution in [-0.2, 0) is 10.0 Å². The number of sulfonamides is 1. The third-order valence-electron chi connectivity index (χ3n) is 2.86. The molecule has 1 aromatic carbocycles. The summed E-state index contributed by atoms with van der Waals surface area (Å²) < 4.78 is 26.6. The largest absolute Gasteiger partial charge is 0.396 e. The van der Waals surface area contributed by atoms with E-state index in [1.165, 1.54) is 0 Å². The van der Waals surface area contributed by atoms with Crippen molar-refractivity contribution in [2.24, 2.45) is 5.41 Å². The third-order valence-corrected chi connectivity index (χ3v) is 4.28. The van der Waals surface area contributed by atoms with Crippen LogP contribution in [0.5, 0.6) is 0 Å². The van der Waals surface area contributed by atoms with Gasteiger partial charge in [-0.25, -0.2) is 13.1 Å². The van der Waals surface area contributed by atoms with E-state index in [0.29, 0.717) is 13.0 Å². The molecule has 0 amide bonds. The lowest BCUT2D eigenvalue weighted by Crippen LogP contribution is -2.34. The molecule has 0 aliphatic carbocycles. The van der Waals surface area contributed by atoms with Crippen molar-refractivity contribution in [3.05, 3.63) is 29.8 Å². The summed E-state index contributed by atoms with van der Waals surface area (Å²) in [6, 6.07) is 6.73. The van der Waals surface area contributed by atoms with Crippen LogP contribution in [0.15, 0.2) is 29.2 Å². The minimum absolute atomic E-state index is 0.0548. The quantitative estimate of drug-likeness (QED) is 0.827. The van der Waals surface area contributed by atoms with Crippen molar-refractivity contribution in [1.82, 2.24) is 4.72 Å². The van der Waals surface area contributed by atoms with E-state index in [1.807, 2.05) is 20.8 Å². The fraction of sp³-hybridized carbons (Fsp3) is 0.538. The molecule has 0 aromatic heterocycles. The molecule has 0 spiro atoms. The van der Waals surface area contributed by atoms with Gasteiger partial charge in [-0.15, -0.1) is 0 Å². The van der Waals surface area contributed by atoms with Crippen molar-refractivity contribution in [2.75, 3.05) is 13.2 Å². The molecule has 0 bridgehead atoms. The molecule has 18 heavy (non-hydrogen) atoms. The monoisotopic (exact) mass is 271 g/mol. The fourth-order valence-electron chi connectivity index (χ4n) is 1.48. The Labute approximate surface area is 109 Å². The highest BCUT2D eigenvalue weighted by atomic mass is 32.2. The number of benzene rings is 1. The summed E-state index contributed by atoms with van der Waals surface area (Å²) in [5, 5.41) is 8.90. The number of hydrogen-bond donors (Lipinski definition) is 2. The van der Waals surface area contributed by atoms with Crippen molar-refractivity contribution in [2.45, 2.75) is 32.1 Å². The van der Waals surface area contributed by atoms with Crippen LogP contribution in [-0.4, -0.2) is 26.7 Å². The first-order valence-electron chi connectivity index (χ1n) is 5.94. The molecular formula is C13H21NO3S. The SMILES string of the molecule is Cc1ccc(S(=O)(=O)NCC(C)(C)CCO)cc1. The Morgan fingerprint density at radius 3 is 2.28 bits per heavy atom. The Balaban J connectivity index is 2.74.